The van der Waals surface area contributed by atoms with Gasteiger partial charge in [-0.2, -0.15) is 0 Å². The summed E-state index contributed by atoms with van der Waals surface area (Å²) in [5.74, 6) is 0.428. The Labute approximate surface area is 139 Å². The fourth-order valence-electron chi connectivity index (χ4n) is 2.88. The minimum atomic E-state index is -0.00723. The first-order chi connectivity index (χ1) is 11.1. The highest BCUT2D eigenvalue weighted by molar-refractivity contribution is 5.74. The number of likely N-dealkylation sites (N-methyl/N-ethyl adjacent to an activating group) is 2. The van der Waals surface area contributed by atoms with E-state index in [1.807, 2.05) is 39.3 Å². The lowest BCUT2D eigenvalue weighted by Crippen LogP contribution is -2.44. The van der Waals surface area contributed by atoms with Crippen LogP contribution in [0.3, 0.4) is 0 Å². The Balaban J connectivity index is 2.03. The molecule has 0 aliphatic carbocycles. The van der Waals surface area contributed by atoms with Gasteiger partial charge >= 0.3 is 6.03 Å². The van der Waals surface area contributed by atoms with Crippen molar-refractivity contribution in [2.24, 2.45) is 5.92 Å². The Morgan fingerprint density at radius 3 is 2.43 bits per heavy atom. The molecular formula is C18H29N3O2. The summed E-state index contributed by atoms with van der Waals surface area (Å²) in [7, 11) is 5.88. The molecule has 5 heteroatoms. The second kappa shape index (κ2) is 8.89. The molecule has 1 aliphatic rings. The van der Waals surface area contributed by atoms with E-state index in [-0.39, 0.29) is 12.1 Å². The summed E-state index contributed by atoms with van der Waals surface area (Å²) >= 11 is 0. The SMILES string of the molecule is CN(C)CCN(C)C(=O)N[C@H](c1ccccc1)C1CCOCC1. The standard InChI is InChI=1S/C18H29N3O2/c1-20(2)11-12-21(3)18(22)19-17(15-7-5-4-6-8-15)16-9-13-23-14-10-16/h4-8,16-17H,9-14H2,1-3H3,(H,19,22)/t17-/m1/s1. The average Bonchev–Trinajstić information content (AvgIpc) is 2.58. The zero-order valence-electron chi connectivity index (χ0n) is 14.5. The molecule has 0 aromatic heterocycles. The number of hydrogen-bond acceptors (Lipinski definition) is 3. The first-order valence-electron chi connectivity index (χ1n) is 8.37. The van der Waals surface area contributed by atoms with E-state index in [2.05, 4.69) is 22.3 Å². The Bertz CT molecular complexity index is 472. The van der Waals surface area contributed by atoms with Crippen LogP contribution in [0, 0.1) is 5.92 Å². The molecule has 1 aliphatic heterocycles. The minimum absolute atomic E-state index is 0.00723. The molecule has 23 heavy (non-hydrogen) atoms. The van der Waals surface area contributed by atoms with E-state index in [4.69, 9.17) is 4.74 Å². The van der Waals surface area contributed by atoms with E-state index in [0.717, 1.165) is 32.6 Å². The third kappa shape index (κ3) is 5.52. The maximum absolute atomic E-state index is 12.5. The van der Waals surface area contributed by atoms with Gasteiger partial charge in [0, 0.05) is 33.4 Å². The lowest BCUT2D eigenvalue weighted by Gasteiger charge is -2.33. The summed E-state index contributed by atoms with van der Waals surface area (Å²) in [4.78, 5) is 16.4. The van der Waals surface area contributed by atoms with Gasteiger partial charge in [0.05, 0.1) is 6.04 Å². The molecule has 0 bridgehead atoms. The first kappa shape index (κ1) is 17.8. The second-order valence-electron chi connectivity index (χ2n) is 6.51. The lowest BCUT2D eigenvalue weighted by atomic mass is 9.87. The maximum Gasteiger partial charge on any atom is 0.317 e. The van der Waals surface area contributed by atoms with Crippen LogP contribution in [0.15, 0.2) is 30.3 Å². The zero-order valence-corrected chi connectivity index (χ0v) is 14.5. The Morgan fingerprint density at radius 2 is 1.83 bits per heavy atom. The molecule has 2 rings (SSSR count). The summed E-state index contributed by atoms with van der Waals surface area (Å²) in [5.41, 5.74) is 1.17. The molecule has 0 spiro atoms. The van der Waals surface area contributed by atoms with E-state index >= 15 is 0 Å². The van der Waals surface area contributed by atoms with Gasteiger partial charge in [-0.1, -0.05) is 30.3 Å². The number of hydrogen-bond donors (Lipinski definition) is 1. The van der Waals surface area contributed by atoms with E-state index in [1.165, 1.54) is 5.56 Å². The molecule has 1 heterocycles. The van der Waals surface area contributed by atoms with Gasteiger partial charge in [-0.15, -0.1) is 0 Å². The van der Waals surface area contributed by atoms with Crippen molar-refractivity contribution in [2.45, 2.75) is 18.9 Å². The van der Waals surface area contributed by atoms with Gasteiger partial charge in [-0.05, 0) is 38.4 Å². The van der Waals surface area contributed by atoms with Crippen molar-refractivity contribution < 1.29 is 9.53 Å². The predicted octanol–water partition coefficient (Wildman–Crippen LogP) is 2.36. The van der Waals surface area contributed by atoms with E-state index in [0.29, 0.717) is 12.5 Å². The van der Waals surface area contributed by atoms with Crippen LogP contribution in [0.1, 0.15) is 24.4 Å². The molecule has 0 saturated carbocycles. The number of nitrogens with one attached hydrogen (secondary N) is 1. The van der Waals surface area contributed by atoms with Crippen molar-refractivity contribution in [3.8, 4) is 0 Å². The summed E-state index contributed by atoms with van der Waals surface area (Å²) in [6.45, 7) is 3.13. The fraction of sp³-hybridized carbons (Fsp3) is 0.611. The van der Waals surface area contributed by atoms with Crippen LogP contribution < -0.4 is 5.32 Å². The van der Waals surface area contributed by atoms with E-state index < -0.39 is 0 Å². The molecule has 1 aromatic rings. The molecule has 0 radical (unpaired) electrons. The average molecular weight is 319 g/mol. The predicted molar refractivity (Wildman–Crippen MR) is 92.4 cm³/mol. The van der Waals surface area contributed by atoms with Gasteiger partial charge in [-0.25, -0.2) is 4.79 Å². The number of nitrogens with zero attached hydrogens (tertiary/aromatic N) is 2. The van der Waals surface area contributed by atoms with Crippen LogP contribution in [-0.2, 0) is 4.74 Å². The van der Waals surface area contributed by atoms with Gasteiger partial charge < -0.3 is 19.9 Å². The summed E-state index contributed by atoms with van der Waals surface area (Å²) in [5, 5.41) is 3.24. The van der Waals surface area contributed by atoms with Crippen molar-refractivity contribution in [3.63, 3.8) is 0 Å². The number of benzene rings is 1. The molecule has 5 nitrogen and oxygen atoms in total. The monoisotopic (exact) mass is 319 g/mol. The minimum Gasteiger partial charge on any atom is -0.381 e. The molecule has 1 aromatic carbocycles. The van der Waals surface area contributed by atoms with Crippen LogP contribution in [0.4, 0.5) is 4.79 Å². The van der Waals surface area contributed by atoms with E-state index in [9.17, 15) is 4.79 Å². The Kier molecular flexibility index (Phi) is 6.86. The van der Waals surface area contributed by atoms with Gasteiger partial charge in [-0.3, -0.25) is 0 Å². The first-order valence-corrected chi connectivity index (χ1v) is 8.37. The Morgan fingerprint density at radius 1 is 1.17 bits per heavy atom. The third-order valence-electron chi connectivity index (χ3n) is 4.40. The summed E-state index contributed by atoms with van der Waals surface area (Å²) in [6.07, 6.45) is 1.97. The van der Waals surface area contributed by atoms with E-state index in [1.54, 1.807) is 4.90 Å². The number of rotatable bonds is 6. The van der Waals surface area contributed by atoms with Crippen LogP contribution in [0.25, 0.3) is 0 Å². The highest BCUT2D eigenvalue weighted by Gasteiger charge is 2.27. The van der Waals surface area contributed by atoms with Gasteiger partial charge in [0.15, 0.2) is 0 Å². The molecule has 0 unspecified atom stereocenters. The molecule has 128 valence electrons. The van der Waals surface area contributed by atoms with Crippen molar-refractivity contribution in [1.82, 2.24) is 15.1 Å². The molecule has 1 N–H and O–H groups in total. The van der Waals surface area contributed by atoms with Crippen LogP contribution in [-0.4, -0.2) is 63.3 Å². The van der Waals surface area contributed by atoms with Crippen molar-refractivity contribution in [1.29, 1.82) is 0 Å². The molecular weight excluding hydrogens is 290 g/mol. The number of carbonyl (C=O) groups is 1. The summed E-state index contributed by atoms with van der Waals surface area (Å²) in [6, 6.07) is 10.3. The lowest BCUT2D eigenvalue weighted by molar-refractivity contribution is 0.0540. The second-order valence-corrected chi connectivity index (χ2v) is 6.51. The number of ether oxygens (including phenoxy) is 1. The van der Waals surface area contributed by atoms with Gasteiger partial charge in [0.1, 0.15) is 0 Å². The maximum atomic E-state index is 12.5. The smallest absolute Gasteiger partial charge is 0.317 e. The molecule has 1 saturated heterocycles. The Hall–Kier alpha value is -1.59. The van der Waals surface area contributed by atoms with Crippen LogP contribution >= 0.6 is 0 Å². The molecule has 2 amide bonds. The summed E-state index contributed by atoms with van der Waals surface area (Å²) < 4.78 is 5.47. The zero-order chi connectivity index (χ0) is 16.7. The number of amides is 2. The van der Waals surface area contributed by atoms with Gasteiger partial charge in [0.25, 0.3) is 0 Å². The largest absolute Gasteiger partial charge is 0.381 e. The topological polar surface area (TPSA) is 44.8 Å². The van der Waals surface area contributed by atoms with Crippen molar-refractivity contribution in [3.05, 3.63) is 35.9 Å². The molecule has 1 atom stereocenters. The highest BCUT2D eigenvalue weighted by atomic mass is 16.5. The fourth-order valence-corrected chi connectivity index (χ4v) is 2.88. The quantitative estimate of drug-likeness (QED) is 0.875. The van der Waals surface area contributed by atoms with Crippen molar-refractivity contribution >= 4 is 6.03 Å². The number of carbonyl (C=O) groups excluding carboxylic acids is 1. The number of urea groups is 1. The third-order valence-corrected chi connectivity index (χ3v) is 4.40. The van der Waals surface area contributed by atoms with Crippen molar-refractivity contribution in [2.75, 3.05) is 47.4 Å². The van der Waals surface area contributed by atoms with Crippen LogP contribution in [0.2, 0.25) is 0 Å². The highest BCUT2D eigenvalue weighted by Crippen LogP contribution is 2.30. The normalized spacial score (nSPS) is 17.0. The van der Waals surface area contributed by atoms with Crippen LogP contribution in [0.5, 0.6) is 0 Å². The molecule has 1 fully saturated rings. The van der Waals surface area contributed by atoms with Gasteiger partial charge in [0.2, 0.25) is 0 Å².